The molecule has 26 heavy (non-hydrogen) atoms. The lowest BCUT2D eigenvalue weighted by Gasteiger charge is -2.34. The standard InChI is InChI=1S/C17H17F2N5O2/c1-11(25)23-7-9-24(10-8-23)17-20-6-5-14(21-17)16(26)22-15-12(18)3-2-4-13(15)19/h2-6H,7-10H2,1H3,(H,22,26). The number of nitrogens with zero attached hydrogens (tertiary/aromatic N) is 4. The summed E-state index contributed by atoms with van der Waals surface area (Å²) in [5.74, 6) is -2.14. The molecule has 0 spiro atoms. The van der Waals surface area contributed by atoms with Gasteiger partial charge in [0.25, 0.3) is 5.91 Å². The van der Waals surface area contributed by atoms with Crippen LogP contribution in [0, 0.1) is 11.6 Å². The minimum atomic E-state index is -0.868. The number of benzene rings is 1. The van der Waals surface area contributed by atoms with Gasteiger partial charge in [-0.25, -0.2) is 18.7 Å². The lowest BCUT2D eigenvalue weighted by atomic mass is 10.2. The fourth-order valence-corrected chi connectivity index (χ4v) is 2.64. The first kappa shape index (κ1) is 17.7. The van der Waals surface area contributed by atoms with Crippen LogP contribution in [-0.4, -0.2) is 52.9 Å². The highest BCUT2D eigenvalue weighted by atomic mass is 19.1. The number of para-hydroxylation sites is 1. The molecule has 0 unspecified atom stereocenters. The molecule has 1 saturated heterocycles. The van der Waals surface area contributed by atoms with Crippen LogP contribution in [0.2, 0.25) is 0 Å². The van der Waals surface area contributed by atoms with Gasteiger partial charge in [0.1, 0.15) is 23.0 Å². The predicted octanol–water partition coefficient (Wildman–Crippen LogP) is 1.68. The van der Waals surface area contributed by atoms with Gasteiger partial charge in [0.05, 0.1) is 0 Å². The Hall–Kier alpha value is -3.10. The minimum absolute atomic E-state index is 0.00520. The summed E-state index contributed by atoms with van der Waals surface area (Å²) in [4.78, 5) is 35.5. The van der Waals surface area contributed by atoms with Crippen molar-refractivity contribution in [2.45, 2.75) is 6.92 Å². The lowest BCUT2D eigenvalue weighted by Crippen LogP contribution is -2.48. The molecule has 1 N–H and O–H groups in total. The molecule has 2 aromatic rings. The zero-order valence-electron chi connectivity index (χ0n) is 14.1. The number of amides is 2. The van der Waals surface area contributed by atoms with Gasteiger partial charge in [-0.05, 0) is 18.2 Å². The maximum atomic E-state index is 13.7. The fraction of sp³-hybridized carbons (Fsp3) is 0.294. The lowest BCUT2D eigenvalue weighted by molar-refractivity contribution is -0.129. The Kier molecular flexibility index (Phi) is 5.06. The third-order valence-electron chi connectivity index (χ3n) is 4.08. The molecule has 136 valence electrons. The van der Waals surface area contributed by atoms with Crippen LogP contribution < -0.4 is 10.2 Å². The SMILES string of the molecule is CC(=O)N1CCN(c2nccc(C(=O)Nc3c(F)cccc3F)n2)CC1. The molecule has 0 bridgehead atoms. The number of hydrogen-bond acceptors (Lipinski definition) is 5. The average Bonchev–Trinajstić information content (AvgIpc) is 2.65. The van der Waals surface area contributed by atoms with Gasteiger partial charge in [-0.15, -0.1) is 0 Å². The topological polar surface area (TPSA) is 78.4 Å². The molecule has 0 saturated carbocycles. The van der Waals surface area contributed by atoms with Crippen LogP contribution in [0.15, 0.2) is 30.5 Å². The number of anilines is 2. The Morgan fingerprint density at radius 2 is 1.73 bits per heavy atom. The van der Waals surface area contributed by atoms with E-state index in [2.05, 4.69) is 15.3 Å². The van der Waals surface area contributed by atoms with Crippen molar-refractivity contribution in [1.29, 1.82) is 0 Å². The predicted molar refractivity (Wildman–Crippen MR) is 90.8 cm³/mol. The summed E-state index contributed by atoms with van der Waals surface area (Å²) in [6.07, 6.45) is 1.41. The second-order valence-electron chi connectivity index (χ2n) is 5.79. The fourth-order valence-electron chi connectivity index (χ4n) is 2.64. The van der Waals surface area contributed by atoms with Gasteiger partial charge in [-0.1, -0.05) is 6.07 Å². The Morgan fingerprint density at radius 1 is 1.08 bits per heavy atom. The van der Waals surface area contributed by atoms with Crippen molar-refractivity contribution in [2.75, 3.05) is 36.4 Å². The number of hydrogen-bond donors (Lipinski definition) is 1. The summed E-state index contributed by atoms with van der Waals surface area (Å²) >= 11 is 0. The molecule has 0 aliphatic carbocycles. The molecule has 7 nitrogen and oxygen atoms in total. The van der Waals surface area contributed by atoms with E-state index >= 15 is 0 Å². The number of nitrogens with one attached hydrogen (secondary N) is 1. The van der Waals surface area contributed by atoms with Gasteiger partial charge >= 0.3 is 0 Å². The van der Waals surface area contributed by atoms with Gasteiger partial charge in [0.2, 0.25) is 11.9 Å². The zero-order chi connectivity index (χ0) is 18.7. The first-order valence-corrected chi connectivity index (χ1v) is 8.04. The first-order valence-electron chi connectivity index (χ1n) is 8.04. The van der Waals surface area contributed by atoms with Crippen molar-refractivity contribution in [3.8, 4) is 0 Å². The third-order valence-corrected chi connectivity index (χ3v) is 4.08. The van der Waals surface area contributed by atoms with E-state index in [1.165, 1.54) is 25.3 Å². The molecule has 0 atom stereocenters. The van der Waals surface area contributed by atoms with Gasteiger partial charge < -0.3 is 15.1 Å². The van der Waals surface area contributed by atoms with Crippen molar-refractivity contribution in [3.05, 3.63) is 47.8 Å². The summed E-state index contributed by atoms with van der Waals surface area (Å²) in [6.45, 7) is 3.66. The second-order valence-corrected chi connectivity index (χ2v) is 5.79. The number of piperazine rings is 1. The highest BCUT2D eigenvalue weighted by Gasteiger charge is 2.22. The highest BCUT2D eigenvalue weighted by Crippen LogP contribution is 2.19. The average molecular weight is 361 g/mol. The molecule has 3 rings (SSSR count). The number of rotatable bonds is 3. The summed E-state index contributed by atoms with van der Waals surface area (Å²) in [7, 11) is 0. The molecule has 2 heterocycles. The molecular weight excluding hydrogens is 344 g/mol. The normalized spacial score (nSPS) is 14.3. The van der Waals surface area contributed by atoms with Crippen LogP contribution in [0.25, 0.3) is 0 Å². The highest BCUT2D eigenvalue weighted by molar-refractivity contribution is 6.03. The molecule has 0 radical (unpaired) electrons. The van der Waals surface area contributed by atoms with Gasteiger partial charge in [-0.2, -0.15) is 0 Å². The Bertz CT molecular complexity index is 817. The molecule has 1 aliphatic rings. The van der Waals surface area contributed by atoms with Crippen LogP contribution in [0.1, 0.15) is 17.4 Å². The third kappa shape index (κ3) is 3.76. The monoisotopic (exact) mass is 361 g/mol. The summed E-state index contributed by atoms with van der Waals surface area (Å²) in [5, 5.41) is 2.20. The zero-order valence-corrected chi connectivity index (χ0v) is 14.1. The van der Waals surface area contributed by atoms with E-state index in [4.69, 9.17) is 0 Å². The summed E-state index contributed by atoms with van der Waals surface area (Å²) in [5.41, 5.74) is -0.528. The van der Waals surface area contributed by atoms with Crippen molar-refractivity contribution in [2.24, 2.45) is 0 Å². The molecule has 1 aromatic carbocycles. The maximum absolute atomic E-state index is 13.7. The van der Waals surface area contributed by atoms with E-state index in [1.54, 1.807) is 4.90 Å². The van der Waals surface area contributed by atoms with Crippen molar-refractivity contribution >= 4 is 23.5 Å². The van der Waals surface area contributed by atoms with Gasteiger partial charge in [0.15, 0.2) is 0 Å². The van der Waals surface area contributed by atoms with Crippen LogP contribution >= 0.6 is 0 Å². The molecular formula is C17H17F2N5O2. The number of carbonyl (C=O) groups excluding carboxylic acids is 2. The molecule has 1 fully saturated rings. The molecule has 1 aliphatic heterocycles. The van der Waals surface area contributed by atoms with Crippen LogP contribution in [0.3, 0.4) is 0 Å². The Morgan fingerprint density at radius 3 is 2.35 bits per heavy atom. The quantitative estimate of drug-likeness (QED) is 0.900. The van der Waals surface area contributed by atoms with Crippen molar-refractivity contribution < 1.29 is 18.4 Å². The van der Waals surface area contributed by atoms with Gasteiger partial charge in [-0.3, -0.25) is 9.59 Å². The first-order chi connectivity index (χ1) is 12.5. The Balaban J connectivity index is 1.73. The van der Waals surface area contributed by atoms with E-state index in [0.29, 0.717) is 32.1 Å². The van der Waals surface area contributed by atoms with E-state index < -0.39 is 23.2 Å². The molecule has 1 aromatic heterocycles. The van der Waals surface area contributed by atoms with Crippen LogP contribution in [0.5, 0.6) is 0 Å². The number of halogens is 2. The number of carbonyl (C=O) groups is 2. The van der Waals surface area contributed by atoms with Gasteiger partial charge in [0, 0.05) is 39.3 Å². The van der Waals surface area contributed by atoms with Crippen molar-refractivity contribution in [1.82, 2.24) is 14.9 Å². The Labute approximate surface area is 148 Å². The van der Waals surface area contributed by atoms with E-state index in [1.807, 2.05) is 4.90 Å². The summed E-state index contributed by atoms with van der Waals surface area (Å²) < 4.78 is 27.3. The molecule has 9 heteroatoms. The summed E-state index contributed by atoms with van der Waals surface area (Å²) in [6, 6.07) is 4.68. The van der Waals surface area contributed by atoms with E-state index in [0.717, 1.165) is 12.1 Å². The minimum Gasteiger partial charge on any atom is -0.339 e. The maximum Gasteiger partial charge on any atom is 0.274 e. The van der Waals surface area contributed by atoms with Crippen LogP contribution in [0.4, 0.5) is 20.4 Å². The van der Waals surface area contributed by atoms with E-state index in [9.17, 15) is 18.4 Å². The second kappa shape index (κ2) is 7.42. The largest absolute Gasteiger partial charge is 0.339 e. The van der Waals surface area contributed by atoms with Crippen molar-refractivity contribution in [3.63, 3.8) is 0 Å². The van der Waals surface area contributed by atoms with Crippen LogP contribution in [-0.2, 0) is 4.79 Å². The number of aromatic nitrogens is 2. The smallest absolute Gasteiger partial charge is 0.274 e. The van der Waals surface area contributed by atoms with E-state index in [-0.39, 0.29) is 11.6 Å². The molecule has 2 amide bonds.